The van der Waals surface area contributed by atoms with Crippen molar-refractivity contribution in [3.8, 4) is 0 Å². The maximum atomic E-state index is 5.93. The van der Waals surface area contributed by atoms with Gasteiger partial charge in [-0.1, -0.05) is 12.1 Å². The quantitative estimate of drug-likeness (QED) is 0.437. The van der Waals surface area contributed by atoms with Crippen LogP contribution in [0.15, 0.2) is 29.3 Å². The van der Waals surface area contributed by atoms with E-state index in [4.69, 9.17) is 5.73 Å². The van der Waals surface area contributed by atoms with Crippen molar-refractivity contribution in [1.82, 2.24) is 4.90 Å². The zero-order valence-corrected chi connectivity index (χ0v) is 15.5. The summed E-state index contributed by atoms with van der Waals surface area (Å²) in [5.41, 5.74) is 8.14. The van der Waals surface area contributed by atoms with E-state index in [2.05, 4.69) is 48.1 Å². The Hall–Kier alpha value is -0.820. The molecule has 0 aliphatic heterocycles. The molecule has 1 aromatic carbocycles. The molecule has 1 saturated carbocycles. The van der Waals surface area contributed by atoms with E-state index in [1.54, 1.807) is 0 Å². The Balaban J connectivity index is 0.00000220. The molecule has 1 aliphatic carbocycles. The van der Waals surface area contributed by atoms with Gasteiger partial charge in [-0.3, -0.25) is 9.89 Å². The third-order valence-corrected chi connectivity index (χ3v) is 3.61. The van der Waals surface area contributed by atoms with Crippen molar-refractivity contribution >= 4 is 35.6 Å². The first kappa shape index (κ1) is 18.2. The van der Waals surface area contributed by atoms with Gasteiger partial charge in [0.05, 0.1) is 6.54 Å². The van der Waals surface area contributed by atoms with Crippen LogP contribution in [0.2, 0.25) is 0 Å². The van der Waals surface area contributed by atoms with Crippen molar-refractivity contribution in [2.75, 3.05) is 18.4 Å². The fraction of sp³-hybridized carbons (Fsp3) is 0.562. The predicted octanol–water partition coefficient (Wildman–Crippen LogP) is 3.21. The predicted molar refractivity (Wildman–Crippen MR) is 102 cm³/mol. The summed E-state index contributed by atoms with van der Waals surface area (Å²) in [6.45, 7) is 8.29. The zero-order valence-electron chi connectivity index (χ0n) is 13.2. The molecular formula is C16H27IN4. The maximum absolute atomic E-state index is 5.93. The lowest BCUT2D eigenvalue weighted by molar-refractivity contribution is 0.218. The van der Waals surface area contributed by atoms with Gasteiger partial charge in [0, 0.05) is 24.3 Å². The van der Waals surface area contributed by atoms with Crippen LogP contribution in [0.1, 0.15) is 32.3 Å². The van der Waals surface area contributed by atoms with Crippen LogP contribution in [0.4, 0.5) is 5.69 Å². The van der Waals surface area contributed by atoms with Gasteiger partial charge in [0.2, 0.25) is 0 Å². The molecule has 0 heterocycles. The molecule has 3 N–H and O–H groups in total. The molecule has 2 rings (SSSR count). The van der Waals surface area contributed by atoms with Crippen molar-refractivity contribution in [2.45, 2.75) is 45.7 Å². The topological polar surface area (TPSA) is 53.6 Å². The van der Waals surface area contributed by atoms with E-state index >= 15 is 0 Å². The fourth-order valence-electron chi connectivity index (χ4n) is 2.46. The lowest BCUT2D eigenvalue weighted by atomic mass is 10.2. The molecule has 0 bridgehead atoms. The Morgan fingerprint density at radius 1 is 1.43 bits per heavy atom. The highest BCUT2D eigenvalue weighted by Crippen LogP contribution is 2.28. The number of hydrogen-bond donors (Lipinski definition) is 2. The van der Waals surface area contributed by atoms with Crippen molar-refractivity contribution in [3.63, 3.8) is 0 Å². The lowest BCUT2D eigenvalue weighted by Crippen LogP contribution is -2.35. The average molecular weight is 402 g/mol. The molecule has 118 valence electrons. The molecule has 5 heteroatoms. The number of halogens is 1. The number of nitrogens with zero attached hydrogens (tertiary/aromatic N) is 2. The van der Waals surface area contributed by atoms with Gasteiger partial charge in [0.15, 0.2) is 5.96 Å². The van der Waals surface area contributed by atoms with Gasteiger partial charge in [-0.05, 0) is 51.3 Å². The fourth-order valence-corrected chi connectivity index (χ4v) is 2.46. The molecule has 0 aromatic heterocycles. The minimum atomic E-state index is 0. The molecule has 1 aliphatic rings. The Morgan fingerprint density at radius 3 is 2.71 bits per heavy atom. The Labute approximate surface area is 145 Å². The molecule has 1 fully saturated rings. The minimum absolute atomic E-state index is 0. The second kappa shape index (κ2) is 8.58. The van der Waals surface area contributed by atoms with Crippen LogP contribution in [0, 0.1) is 6.92 Å². The van der Waals surface area contributed by atoms with Crippen molar-refractivity contribution in [1.29, 1.82) is 0 Å². The molecule has 0 saturated heterocycles. The number of aryl methyl sites for hydroxylation is 1. The van der Waals surface area contributed by atoms with Crippen molar-refractivity contribution in [2.24, 2.45) is 10.7 Å². The number of rotatable bonds is 6. The largest absolute Gasteiger partial charge is 0.370 e. The van der Waals surface area contributed by atoms with Gasteiger partial charge in [-0.25, -0.2) is 0 Å². The molecule has 0 atom stereocenters. The summed E-state index contributed by atoms with van der Waals surface area (Å²) in [6, 6.07) is 9.50. The van der Waals surface area contributed by atoms with Crippen LogP contribution in [0.25, 0.3) is 0 Å². The van der Waals surface area contributed by atoms with Crippen LogP contribution in [-0.4, -0.2) is 36.0 Å². The van der Waals surface area contributed by atoms with Gasteiger partial charge >= 0.3 is 0 Å². The summed E-state index contributed by atoms with van der Waals surface area (Å²) in [5.74, 6) is 0.495. The van der Waals surface area contributed by atoms with Crippen molar-refractivity contribution < 1.29 is 0 Å². The number of hydrogen-bond acceptors (Lipinski definition) is 2. The van der Waals surface area contributed by atoms with Crippen LogP contribution < -0.4 is 11.1 Å². The summed E-state index contributed by atoms with van der Waals surface area (Å²) in [6.07, 6.45) is 2.66. The second-order valence-corrected chi connectivity index (χ2v) is 5.82. The van der Waals surface area contributed by atoms with Crippen molar-refractivity contribution in [3.05, 3.63) is 29.8 Å². The van der Waals surface area contributed by atoms with E-state index in [0.29, 0.717) is 12.0 Å². The second-order valence-electron chi connectivity index (χ2n) is 5.82. The zero-order chi connectivity index (χ0) is 14.5. The first-order valence-electron chi connectivity index (χ1n) is 7.45. The molecule has 0 radical (unpaired) electrons. The molecule has 4 nitrogen and oxygen atoms in total. The number of nitrogens with two attached hydrogens (primary N) is 1. The monoisotopic (exact) mass is 402 g/mol. The molecule has 0 unspecified atom stereocenters. The summed E-state index contributed by atoms with van der Waals surface area (Å²) >= 11 is 0. The summed E-state index contributed by atoms with van der Waals surface area (Å²) < 4.78 is 0. The molecule has 0 amide bonds. The van der Waals surface area contributed by atoms with Crippen LogP contribution in [0.3, 0.4) is 0 Å². The summed E-state index contributed by atoms with van der Waals surface area (Å²) in [5, 5.41) is 3.14. The highest BCUT2D eigenvalue weighted by molar-refractivity contribution is 14.0. The van der Waals surface area contributed by atoms with E-state index in [0.717, 1.165) is 24.8 Å². The van der Waals surface area contributed by atoms with E-state index in [1.165, 1.54) is 18.4 Å². The lowest BCUT2D eigenvalue weighted by Gasteiger charge is -2.25. The number of aliphatic imine (C=N–C) groups is 1. The molecule has 21 heavy (non-hydrogen) atoms. The van der Waals surface area contributed by atoms with E-state index in [-0.39, 0.29) is 24.0 Å². The first-order valence-corrected chi connectivity index (χ1v) is 7.45. The molecular weight excluding hydrogens is 375 g/mol. The molecule has 1 aromatic rings. The van der Waals surface area contributed by atoms with Crippen LogP contribution >= 0.6 is 24.0 Å². The van der Waals surface area contributed by atoms with Gasteiger partial charge in [-0.2, -0.15) is 0 Å². The summed E-state index contributed by atoms with van der Waals surface area (Å²) in [4.78, 5) is 6.94. The van der Waals surface area contributed by atoms with Gasteiger partial charge < -0.3 is 11.1 Å². The van der Waals surface area contributed by atoms with E-state index in [1.807, 2.05) is 12.1 Å². The highest BCUT2D eigenvalue weighted by Gasteiger charge is 2.29. The summed E-state index contributed by atoms with van der Waals surface area (Å²) in [7, 11) is 0. The normalized spacial score (nSPS) is 15.2. The van der Waals surface area contributed by atoms with Gasteiger partial charge in [-0.15, -0.1) is 24.0 Å². The first-order chi connectivity index (χ1) is 9.56. The maximum Gasteiger partial charge on any atom is 0.193 e. The van der Waals surface area contributed by atoms with E-state index in [9.17, 15) is 0 Å². The Kier molecular flexibility index (Phi) is 7.45. The average Bonchev–Trinajstić information content (AvgIpc) is 3.18. The Bertz CT molecular complexity index is 467. The van der Waals surface area contributed by atoms with Crippen LogP contribution in [0.5, 0.6) is 0 Å². The minimum Gasteiger partial charge on any atom is -0.370 e. The SMILES string of the molecule is Cc1cccc(NC(N)=NCCN(C(C)C)C2CC2)c1.I. The third kappa shape index (κ3) is 6.22. The van der Waals surface area contributed by atoms with Gasteiger partial charge in [0.25, 0.3) is 0 Å². The number of anilines is 1. The number of benzene rings is 1. The Morgan fingerprint density at radius 2 is 2.14 bits per heavy atom. The van der Waals surface area contributed by atoms with Crippen LogP contribution in [-0.2, 0) is 0 Å². The number of nitrogens with one attached hydrogen (secondary N) is 1. The smallest absolute Gasteiger partial charge is 0.193 e. The van der Waals surface area contributed by atoms with E-state index < -0.39 is 0 Å². The third-order valence-electron chi connectivity index (χ3n) is 3.61. The highest BCUT2D eigenvalue weighted by atomic mass is 127. The van der Waals surface area contributed by atoms with Gasteiger partial charge in [0.1, 0.15) is 0 Å². The standard InChI is InChI=1S/C16H26N4.HI/c1-12(2)20(15-7-8-15)10-9-18-16(17)19-14-6-4-5-13(3)11-14;/h4-6,11-12,15H,7-10H2,1-3H3,(H3,17,18,19);1H. The number of guanidine groups is 1. The molecule has 0 spiro atoms.